The third-order valence-electron chi connectivity index (χ3n) is 3.48. The summed E-state index contributed by atoms with van der Waals surface area (Å²) in [6.07, 6.45) is 4.74. The van der Waals surface area contributed by atoms with E-state index in [0.29, 0.717) is 35.8 Å². The van der Waals surface area contributed by atoms with Gasteiger partial charge in [-0.15, -0.1) is 0 Å². The van der Waals surface area contributed by atoms with Crippen LogP contribution in [0.5, 0.6) is 11.5 Å². The lowest BCUT2D eigenvalue weighted by molar-refractivity contribution is 0.0979. The van der Waals surface area contributed by atoms with Crippen LogP contribution in [-0.2, 0) is 11.3 Å². The molecular weight excluding hydrogens is 278 g/mol. The van der Waals surface area contributed by atoms with Gasteiger partial charge >= 0.3 is 0 Å². The highest BCUT2D eigenvalue weighted by Gasteiger charge is 2.16. The molecule has 1 saturated heterocycles. The van der Waals surface area contributed by atoms with Gasteiger partial charge in [0.25, 0.3) is 0 Å². The molecule has 2 N–H and O–H groups in total. The van der Waals surface area contributed by atoms with Crippen molar-refractivity contribution in [1.82, 2.24) is 0 Å². The predicted molar refractivity (Wildman–Crippen MR) is 79.6 cm³/mol. The molecule has 1 aromatic rings. The van der Waals surface area contributed by atoms with E-state index < -0.39 is 0 Å². The van der Waals surface area contributed by atoms with Gasteiger partial charge in [0.15, 0.2) is 11.5 Å². The van der Waals surface area contributed by atoms with Crippen LogP contribution in [0.15, 0.2) is 12.1 Å². The van der Waals surface area contributed by atoms with E-state index in [-0.39, 0.29) is 0 Å². The minimum Gasteiger partial charge on any atom is -0.493 e. The van der Waals surface area contributed by atoms with Crippen LogP contribution in [0.3, 0.4) is 0 Å². The summed E-state index contributed by atoms with van der Waals surface area (Å²) in [7, 11) is 1.60. The predicted octanol–water partition coefficient (Wildman–Crippen LogP) is 3.15. The van der Waals surface area contributed by atoms with Gasteiger partial charge in [-0.3, -0.25) is 0 Å². The van der Waals surface area contributed by atoms with Crippen LogP contribution in [0.25, 0.3) is 0 Å². The first-order valence-corrected chi connectivity index (χ1v) is 7.43. The maximum Gasteiger partial charge on any atom is 0.165 e. The second-order valence-corrected chi connectivity index (χ2v) is 5.36. The molecule has 0 amide bonds. The number of benzene rings is 1. The van der Waals surface area contributed by atoms with E-state index in [2.05, 4.69) is 0 Å². The number of methoxy groups -OCH3 is 1. The van der Waals surface area contributed by atoms with Crippen molar-refractivity contribution in [2.75, 3.05) is 20.3 Å². The van der Waals surface area contributed by atoms with Crippen LogP contribution in [0.4, 0.5) is 0 Å². The highest BCUT2D eigenvalue weighted by molar-refractivity contribution is 6.30. The fourth-order valence-corrected chi connectivity index (χ4v) is 2.68. The van der Waals surface area contributed by atoms with Crippen LogP contribution in [-0.4, -0.2) is 26.4 Å². The normalized spacial score (nSPS) is 18.2. The first kappa shape index (κ1) is 15.4. The highest BCUT2D eigenvalue weighted by atomic mass is 35.5. The fraction of sp³-hybridized carbons (Fsp3) is 0.600. The van der Waals surface area contributed by atoms with Crippen molar-refractivity contribution < 1.29 is 14.2 Å². The van der Waals surface area contributed by atoms with Gasteiger partial charge in [0, 0.05) is 29.8 Å². The highest BCUT2D eigenvalue weighted by Crippen LogP contribution is 2.34. The zero-order valence-electron chi connectivity index (χ0n) is 11.9. The van der Waals surface area contributed by atoms with Crippen molar-refractivity contribution >= 4 is 11.6 Å². The second-order valence-electron chi connectivity index (χ2n) is 4.93. The number of halogens is 1. The number of hydrogen-bond acceptors (Lipinski definition) is 4. The van der Waals surface area contributed by atoms with Crippen molar-refractivity contribution in [2.45, 2.75) is 38.3 Å². The third kappa shape index (κ3) is 4.01. The summed E-state index contributed by atoms with van der Waals surface area (Å²) >= 11 is 6.02. The maximum absolute atomic E-state index is 6.02. The van der Waals surface area contributed by atoms with Gasteiger partial charge in [-0.2, -0.15) is 0 Å². The lowest BCUT2D eigenvalue weighted by Crippen LogP contribution is -2.09. The van der Waals surface area contributed by atoms with Crippen LogP contribution in [0.2, 0.25) is 5.02 Å². The Labute approximate surface area is 125 Å². The Morgan fingerprint density at radius 2 is 2.30 bits per heavy atom. The summed E-state index contributed by atoms with van der Waals surface area (Å²) in [5.41, 5.74) is 6.60. The fourth-order valence-electron chi connectivity index (χ4n) is 2.45. The molecule has 20 heavy (non-hydrogen) atoms. The van der Waals surface area contributed by atoms with Gasteiger partial charge in [0.2, 0.25) is 0 Å². The summed E-state index contributed by atoms with van der Waals surface area (Å²) in [5.74, 6) is 1.34. The summed E-state index contributed by atoms with van der Waals surface area (Å²) < 4.78 is 16.7. The smallest absolute Gasteiger partial charge is 0.165 e. The van der Waals surface area contributed by atoms with Crippen molar-refractivity contribution in [3.8, 4) is 11.5 Å². The largest absolute Gasteiger partial charge is 0.493 e. The molecule has 1 heterocycles. The zero-order valence-corrected chi connectivity index (χ0v) is 12.6. The minimum absolute atomic E-state index is 0.373. The molecule has 4 nitrogen and oxygen atoms in total. The van der Waals surface area contributed by atoms with Crippen LogP contribution in [0.1, 0.15) is 31.2 Å². The maximum atomic E-state index is 6.02. The van der Waals surface area contributed by atoms with E-state index >= 15 is 0 Å². The van der Waals surface area contributed by atoms with Crippen molar-refractivity contribution in [2.24, 2.45) is 5.73 Å². The van der Waals surface area contributed by atoms with Gasteiger partial charge in [0.1, 0.15) is 0 Å². The monoisotopic (exact) mass is 299 g/mol. The SMILES string of the molecule is COc1cc(Cl)cc(CN)c1OCCCC1CCCO1. The van der Waals surface area contributed by atoms with E-state index in [0.717, 1.165) is 31.4 Å². The standard InChI is InChI=1S/C15H22ClNO3/c1-18-14-9-12(16)8-11(10-17)15(14)20-7-3-5-13-4-2-6-19-13/h8-9,13H,2-7,10,17H2,1H3. The lowest BCUT2D eigenvalue weighted by atomic mass is 10.1. The molecular formula is C15H22ClNO3. The average molecular weight is 300 g/mol. The van der Waals surface area contributed by atoms with Crippen LogP contribution < -0.4 is 15.2 Å². The molecule has 5 heteroatoms. The zero-order chi connectivity index (χ0) is 14.4. The average Bonchev–Trinajstić information content (AvgIpc) is 2.97. The van der Waals surface area contributed by atoms with Gasteiger partial charge in [0.05, 0.1) is 19.8 Å². The second kappa shape index (κ2) is 7.72. The quantitative estimate of drug-likeness (QED) is 0.786. The number of hydrogen-bond donors (Lipinski definition) is 1. The Morgan fingerprint density at radius 1 is 1.45 bits per heavy atom. The molecule has 0 saturated carbocycles. The van der Waals surface area contributed by atoms with Gasteiger partial charge < -0.3 is 19.9 Å². The number of ether oxygens (including phenoxy) is 3. The van der Waals surface area contributed by atoms with Gasteiger partial charge in [-0.1, -0.05) is 11.6 Å². The Morgan fingerprint density at radius 3 is 2.95 bits per heavy atom. The Bertz CT molecular complexity index is 408. The van der Waals surface area contributed by atoms with E-state index in [4.69, 9.17) is 31.5 Å². The van der Waals surface area contributed by atoms with E-state index in [1.165, 1.54) is 6.42 Å². The molecule has 1 aliphatic rings. The Balaban J connectivity index is 1.90. The lowest BCUT2D eigenvalue weighted by Gasteiger charge is -2.15. The number of nitrogens with two attached hydrogens (primary N) is 1. The molecule has 2 rings (SSSR count). The van der Waals surface area contributed by atoms with Gasteiger partial charge in [-0.25, -0.2) is 0 Å². The molecule has 1 aromatic carbocycles. The Kier molecular flexibility index (Phi) is 5.95. The molecule has 0 radical (unpaired) electrons. The topological polar surface area (TPSA) is 53.7 Å². The van der Waals surface area contributed by atoms with Crippen molar-refractivity contribution in [3.05, 3.63) is 22.7 Å². The third-order valence-corrected chi connectivity index (χ3v) is 3.70. The molecule has 1 atom stereocenters. The first-order chi connectivity index (χ1) is 9.74. The van der Waals surface area contributed by atoms with E-state index in [1.807, 2.05) is 6.07 Å². The summed E-state index contributed by atoms with van der Waals surface area (Å²) in [4.78, 5) is 0. The van der Waals surface area contributed by atoms with Crippen LogP contribution in [0, 0.1) is 0 Å². The molecule has 112 valence electrons. The van der Waals surface area contributed by atoms with Crippen molar-refractivity contribution in [1.29, 1.82) is 0 Å². The summed E-state index contributed by atoms with van der Waals surface area (Å²) in [6, 6.07) is 3.57. The first-order valence-electron chi connectivity index (χ1n) is 7.05. The molecule has 1 fully saturated rings. The Hall–Kier alpha value is -0.970. The molecule has 0 aliphatic carbocycles. The molecule has 0 aromatic heterocycles. The van der Waals surface area contributed by atoms with Crippen LogP contribution >= 0.6 is 11.6 Å². The number of rotatable bonds is 7. The van der Waals surface area contributed by atoms with Gasteiger partial charge in [-0.05, 0) is 31.7 Å². The van der Waals surface area contributed by atoms with E-state index in [1.54, 1.807) is 13.2 Å². The summed E-state index contributed by atoms with van der Waals surface area (Å²) in [6.45, 7) is 1.90. The molecule has 0 bridgehead atoms. The minimum atomic E-state index is 0.373. The molecule has 1 aliphatic heterocycles. The van der Waals surface area contributed by atoms with E-state index in [9.17, 15) is 0 Å². The summed E-state index contributed by atoms with van der Waals surface area (Å²) in [5, 5.41) is 0.606. The molecule has 1 unspecified atom stereocenters. The van der Waals surface area contributed by atoms with Crippen molar-refractivity contribution in [3.63, 3.8) is 0 Å². The molecule has 0 spiro atoms.